The van der Waals surface area contributed by atoms with Crippen LogP contribution in [0.2, 0.25) is 0 Å². The summed E-state index contributed by atoms with van der Waals surface area (Å²) in [6.07, 6.45) is 2.24. The second-order valence-electron chi connectivity index (χ2n) is 6.40. The highest BCUT2D eigenvalue weighted by Gasteiger charge is 2.26. The predicted molar refractivity (Wildman–Crippen MR) is 91.9 cm³/mol. The molecule has 2 heterocycles. The Morgan fingerprint density at radius 2 is 2.17 bits per heavy atom. The molecule has 1 aromatic carbocycles. The highest BCUT2D eigenvalue weighted by molar-refractivity contribution is 5.20. The Balaban J connectivity index is 1.34. The summed E-state index contributed by atoms with van der Waals surface area (Å²) in [6.45, 7) is 6.66. The molecule has 0 amide bonds. The van der Waals surface area contributed by atoms with E-state index in [4.69, 9.17) is 9.26 Å². The van der Waals surface area contributed by atoms with Gasteiger partial charge in [-0.05, 0) is 38.6 Å². The van der Waals surface area contributed by atoms with Crippen LogP contribution in [0.25, 0.3) is 0 Å². The summed E-state index contributed by atoms with van der Waals surface area (Å²) >= 11 is 0. The monoisotopic (exact) mass is 330 g/mol. The summed E-state index contributed by atoms with van der Waals surface area (Å²) < 4.78 is 10.8. The van der Waals surface area contributed by atoms with Crippen molar-refractivity contribution in [3.8, 4) is 5.75 Å². The highest BCUT2D eigenvalue weighted by Crippen LogP contribution is 2.16. The molecule has 1 aliphatic heterocycles. The Labute approximate surface area is 143 Å². The van der Waals surface area contributed by atoms with Gasteiger partial charge in [-0.1, -0.05) is 23.4 Å². The van der Waals surface area contributed by atoms with Gasteiger partial charge in [0.05, 0.1) is 13.2 Å². The lowest BCUT2D eigenvalue weighted by Gasteiger charge is -2.23. The molecule has 1 saturated heterocycles. The zero-order valence-electron chi connectivity index (χ0n) is 14.5. The standard InChI is InChI=1S/C18H26N4O2/c1-15-19-18(20-24-15)14-21(2)16-9-11-22(13-16)10-6-12-23-17-7-4-3-5-8-17/h3-5,7-8,16H,6,9-14H2,1-2H3/t16-/m0/s1. The quantitative estimate of drug-likeness (QED) is 0.693. The number of para-hydroxylation sites is 1. The summed E-state index contributed by atoms with van der Waals surface area (Å²) in [5.74, 6) is 2.35. The first kappa shape index (κ1) is 16.9. The van der Waals surface area contributed by atoms with Crippen LogP contribution in [0.15, 0.2) is 34.9 Å². The summed E-state index contributed by atoms with van der Waals surface area (Å²) in [4.78, 5) is 9.12. The third-order valence-electron chi connectivity index (χ3n) is 4.46. The lowest BCUT2D eigenvalue weighted by Crippen LogP contribution is -2.34. The molecular formula is C18H26N4O2. The molecule has 2 aromatic rings. The Morgan fingerprint density at radius 3 is 2.92 bits per heavy atom. The van der Waals surface area contributed by atoms with E-state index < -0.39 is 0 Å². The van der Waals surface area contributed by atoms with E-state index in [9.17, 15) is 0 Å². The second-order valence-corrected chi connectivity index (χ2v) is 6.40. The molecule has 3 rings (SSSR count). The van der Waals surface area contributed by atoms with Gasteiger partial charge in [-0.2, -0.15) is 4.98 Å². The maximum absolute atomic E-state index is 5.76. The first-order valence-corrected chi connectivity index (χ1v) is 8.60. The van der Waals surface area contributed by atoms with Crippen molar-refractivity contribution in [2.75, 3.05) is 33.3 Å². The van der Waals surface area contributed by atoms with Gasteiger partial charge < -0.3 is 14.2 Å². The van der Waals surface area contributed by atoms with E-state index >= 15 is 0 Å². The SMILES string of the molecule is Cc1nc(CN(C)[C@H]2CCN(CCCOc3ccccc3)C2)no1. The second kappa shape index (κ2) is 8.26. The average molecular weight is 330 g/mol. The van der Waals surface area contributed by atoms with Crippen LogP contribution in [-0.2, 0) is 6.54 Å². The summed E-state index contributed by atoms with van der Waals surface area (Å²) in [5, 5.41) is 3.98. The summed E-state index contributed by atoms with van der Waals surface area (Å²) in [5.41, 5.74) is 0. The number of rotatable bonds is 8. The first-order valence-electron chi connectivity index (χ1n) is 8.60. The Bertz CT molecular complexity index is 616. The van der Waals surface area contributed by atoms with Crippen molar-refractivity contribution in [3.05, 3.63) is 42.0 Å². The molecule has 6 heteroatoms. The van der Waals surface area contributed by atoms with Crippen LogP contribution in [0.3, 0.4) is 0 Å². The molecule has 0 unspecified atom stereocenters. The van der Waals surface area contributed by atoms with E-state index in [-0.39, 0.29) is 0 Å². The third-order valence-corrected chi connectivity index (χ3v) is 4.46. The number of aromatic nitrogens is 2. The molecule has 130 valence electrons. The van der Waals surface area contributed by atoms with E-state index in [1.54, 1.807) is 0 Å². The van der Waals surface area contributed by atoms with Crippen LogP contribution < -0.4 is 4.74 Å². The fraction of sp³-hybridized carbons (Fsp3) is 0.556. The number of likely N-dealkylation sites (N-methyl/N-ethyl adjacent to an activating group) is 1. The molecule has 1 atom stereocenters. The van der Waals surface area contributed by atoms with Crippen LogP contribution in [0.4, 0.5) is 0 Å². The Morgan fingerprint density at radius 1 is 1.33 bits per heavy atom. The van der Waals surface area contributed by atoms with Crippen molar-refractivity contribution in [1.29, 1.82) is 0 Å². The van der Waals surface area contributed by atoms with E-state index in [0.717, 1.165) is 50.8 Å². The maximum atomic E-state index is 5.76. The van der Waals surface area contributed by atoms with Crippen molar-refractivity contribution in [2.24, 2.45) is 0 Å². The minimum absolute atomic E-state index is 0.554. The van der Waals surface area contributed by atoms with Crippen LogP contribution >= 0.6 is 0 Å². The van der Waals surface area contributed by atoms with Crippen LogP contribution in [0, 0.1) is 6.92 Å². The van der Waals surface area contributed by atoms with E-state index in [0.29, 0.717) is 11.9 Å². The van der Waals surface area contributed by atoms with Crippen LogP contribution in [0.5, 0.6) is 5.75 Å². The van der Waals surface area contributed by atoms with Gasteiger partial charge in [0, 0.05) is 26.1 Å². The normalized spacial score (nSPS) is 18.4. The van der Waals surface area contributed by atoms with Gasteiger partial charge in [0.15, 0.2) is 5.82 Å². The van der Waals surface area contributed by atoms with Crippen molar-refractivity contribution in [1.82, 2.24) is 19.9 Å². The van der Waals surface area contributed by atoms with Crippen molar-refractivity contribution < 1.29 is 9.26 Å². The van der Waals surface area contributed by atoms with Gasteiger partial charge in [-0.15, -0.1) is 0 Å². The van der Waals surface area contributed by atoms with Gasteiger partial charge in [-0.25, -0.2) is 0 Å². The number of hydrogen-bond donors (Lipinski definition) is 0. The topological polar surface area (TPSA) is 54.6 Å². The zero-order valence-corrected chi connectivity index (χ0v) is 14.5. The fourth-order valence-corrected chi connectivity index (χ4v) is 3.13. The highest BCUT2D eigenvalue weighted by atomic mass is 16.5. The molecule has 1 aromatic heterocycles. The Kier molecular flexibility index (Phi) is 5.82. The van der Waals surface area contributed by atoms with Crippen molar-refractivity contribution >= 4 is 0 Å². The van der Waals surface area contributed by atoms with Crippen LogP contribution in [0.1, 0.15) is 24.6 Å². The molecule has 0 radical (unpaired) electrons. The lowest BCUT2D eigenvalue weighted by atomic mass is 10.2. The minimum Gasteiger partial charge on any atom is -0.494 e. The number of hydrogen-bond acceptors (Lipinski definition) is 6. The average Bonchev–Trinajstić information content (AvgIpc) is 3.22. The Hall–Kier alpha value is -1.92. The molecule has 1 fully saturated rings. The third kappa shape index (κ3) is 4.79. The minimum atomic E-state index is 0.554. The van der Waals surface area contributed by atoms with E-state index in [1.807, 2.05) is 37.3 Å². The van der Waals surface area contributed by atoms with Crippen molar-refractivity contribution in [2.45, 2.75) is 32.4 Å². The van der Waals surface area contributed by atoms with E-state index in [1.165, 1.54) is 6.42 Å². The van der Waals surface area contributed by atoms with Gasteiger partial charge in [0.1, 0.15) is 5.75 Å². The number of aryl methyl sites for hydroxylation is 1. The zero-order chi connectivity index (χ0) is 16.8. The smallest absolute Gasteiger partial charge is 0.223 e. The largest absolute Gasteiger partial charge is 0.494 e. The number of likely N-dealkylation sites (tertiary alicyclic amines) is 1. The predicted octanol–water partition coefficient (Wildman–Crippen LogP) is 2.35. The molecule has 0 spiro atoms. The van der Waals surface area contributed by atoms with Gasteiger partial charge in [-0.3, -0.25) is 4.90 Å². The van der Waals surface area contributed by atoms with E-state index in [2.05, 4.69) is 27.0 Å². The molecule has 6 nitrogen and oxygen atoms in total. The number of nitrogens with zero attached hydrogens (tertiary/aromatic N) is 4. The van der Waals surface area contributed by atoms with Gasteiger partial charge >= 0.3 is 0 Å². The molecule has 0 N–H and O–H groups in total. The molecule has 0 bridgehead atoms. The molecular weight excluding hydrogens is 304 g/mol. The maximum Gasteiger partial charge on any atom is 0.223 e. The first-order chi connectivity index (χ1) is 11.7. The summed E-state index contributed by atoms with van der Waals surface area (Å²) in [6, 6.07) is 10.6. The lowest BCUT2D eigenvalue weighted by molar-refractivity contribution is 0.210. The van der Waals surface area contributed by atoms with Gasteiger partial charge in [0.2, 0.25) is 5.89 Å². The molecule has 0 aliphatic carbocycles. The molecule has 0 saturated carbocycles. The summed E-state index contributed by atoms with van der Waals surface area (Å²) in [7, 11) is 2.14. The molecule has 24 heavy (non-hydrogen) atoms. The van der Waals surface area contributed by atoms with Gasteiger partial charge in [0.25, 0.3) is 0 Å². The molecule has 1 aliphatic rings. The fourth-order valence-electron chi connectivity index (χ4n) is 3.13. The van der Waals surface area contributed by atoms with Crippen molar-refractivity contribution in [3.63, 3.8) is 0 Å². The number of benzene rings is 1. The number of ether oxygens (including phenoxy) is 1. The van der Waals surface area contributed by atoms with Crippen LogP contribution in [-0.4, -0.2) is 59.3 Å².